The average Bonchev–Trinajstić information content (AvgIpc) is 1.09. The van der Waals surface area contributed by atoms with E-state index < -0.39 is 74.3 Å². The van der Waals surface area contributed by atoms with Gasteiger partial charge in [-0.25, -0.2) is 0 Å². The molecule has 0 saturated carbocycles. The summed E-state index contributed by atoms with van der Waals surface area (Å²) >= 11 is 0. The SMILES string of the molecule is CC(C)O.CC(C)O.CC(C)O.CC(C)O.CC(C)O.CC(C)O.CCC(=O)CC(=O)[O-].CCC(=O)CC(=O)[O-].CCC(=O)CC(=O)[O-].CCCC(=O)CC(=O)[O-].CCCC(=O)CC(=O)[O-].CCCC(=O)CC(=O)[O-].CCCCO.CCCCO.CCCCO.CCCCO.CCCCO.CCCCO.CCCCO.[Zr+2].[Zr+2].[Zr].[Zr].[Zr]. The van der Waals surface area contributed by atoms with E-state index in [1.54, 1.807) is 104 Å². The Labute approximate surface area is 791 Å². The van der Waals surface area contributed by atoms with Crippen LogP contribution >= 0.6 is 0 Å². The van der Waals surface area contributed by atoms with Crippen LogP contribution in [0.3, 0.4) is 0 Å². The summed E-state index contributed by atoms with van der Waals surface area (Å²) in [5.74, 6) is -9.35. The van der Waals surface area contributed by atoms with Gasteiger partial charge in [-0.1, -0.05) is 135 Å². The monoisotopic (exact) mass is 2060 g/mol. The van der Waals surface area contributed by atoms with Crippen LogP contribution < -0.4 is 30.6 Å². The molecule has 0 radical (unpaired) electrons. The van der Waals surface area contributed by atoms with Crippen molar-refractivity contribution in [2.75, 3.05) is 46.2 Å². The number of rotatable bonds is 35. The van der Waals surface area contributed by atoms with Crippen LogP contribution in [0.2, 0.25) is 0 Å². The molecule has 690 valence electrons. The van der Waals surface area contributed by atoms with Crippen LogP contribution in [0.5, 0.6) is 0 Å². The van der Waals surface area contributed by atoms with E-state index >= 15 is 0 Å². The van der Waals surface area contributed by atoms with E-state index in [9.17, 15) is 88.2 Å². The Bertz CT molecular complexity index is 1550. The topological polar surface area (TPSA) is 606 Å². The summed E-state index contributed by atoms with van der Waals surface area (Å²) < 4.78 is 0. The molecule has 13 N–H and O–H groups in total. The Morgan fingerprint density at radius 1 is 0.209 bits per heavy atom. The summed E-state index contributed by atoms with van der Waals surface area (Å²) in [6, 6.07) is 0. The summed E-state index contributed by atoms with van der Waals surface area (Å²) in [5.41, 5.74) is 0. The number of carbonyl (C=O) groups excluding carboxylic acids is 12. The Morgan fingerprint density at radius 3 is 0.330 bits per heavy atom. The first kappa shape index (κ1) is 180. The molecule has 0 heterocycles. The number of hydrogen-bond acceptors (Lipinski definition) is 31. The fraction of sp³-hybridized carbons (Fsp3) is 0.848. The van der Waals surface area contributed by atoms with Crippen molar-refractivity contribution in [3.8, 4) is 0 Å². The first-order chi connectivity index (χ1) is 50.8. The molecule has 0 spiro atoms. The summed E-state index contributed by atoms with van der Waals surface area (Å²) in [7, 11) is 0. The van der Waals surface area contributed by atoms with Crippen LogP contribution in [0.4, 0.5) is 0 Å². The second-order valence-electron chi connectivity index (χ2n) is 23.9. The van der Waals surface area contributed by atoms with Gasteiger partial charge in [-0.3, -0.25) is 28.8 Å². The molecule has 36 heteroatoms. The first-order valence-electron chi connectivity index (χ1n) is 38.4. The van der Waals surface area contributed by atoms with Crippen LogP contribution in [0.1, 0.15) is 359 Å². The molecule has 0 aliphatic carbocycles. The minimum Gasteiger partial charge on any atom is -0.550 e. The van der Waals surface area contributed by atoms with Crippen molar-refractivity contribution in [2.45, 2.75) is 396 Å². The van der Waals surface area contributed by atoms with Gasteiger partial charge in [0.05, 0.1) is 0 Å². The fourth-order valence-electron chi connectivity index (χ4n) is 3.55. The molecule has 115 heavy (non-hydrogen) atoms. The maximum atomic E-state index is 10.4. The summed E-state index contributed by atoms with van der Waals surface area (Å²) in [5, 5.41) is 163. The molecule has 0 fully saturated rings. The van der Waals surface area contributed by atoms with Gasteiger partial charge >= 0.3 is 52.4 Å². The Balaban J connectivity index is -0.0000000347. The van der Waals surface area contributed by atoms with Crippen molar-refractivity contribution in [2.24, 2.45) is 0 Å². The standard InChI is InChI=1S/3C6H10O3.3C5H8O3.7C4H10O.6C3H8O.5Zr/c3*1-2-3-5(7)4-6(8)9;3*1-2-4(6)3-5(7)8;7*1-2-3-4-5;6*1-3(2)4;;;;;/h3*2-4H2,1H3,(H,8,9);3*2-3H2,1H3,(H,7,8);7*5H,2-4H2,1H3;6*3-4H,1-2H3;;;;;/q;;;;;;;;;;;;;;;;;;;;;;2*+2/p-6. The number of carboxylic acids is 6. The summed E-state index contributed by atoms with van der Waals surface area (Å²) in [4.78, 5) is 120. The average molecular weight is 2070 g/mol. The molecular weight excluding hydrogens is 1900 g/mol. The predicted molar refractivity (Wildman–Crippen MR) is 421 cm³/mol. The van der Waals surface area contributed by atoms with Crippen molar-refractivity contribution in [3.63, 3.8) is 0 Å². The Morgan fingerprint density at radius 2 is 0.296 bits per heavy atom. The number of carbonyl (C=O) groups is 12. The number of aliphatic carboxylic acids is 6. The fourth-order valence-corrected chi connectivity index (χ4v) is 3.55. The van der Waals surface area contributed by atoms with Gasteiger partial charge in [0.1, 0.15) is 34.7 Å². The van der Waals surface area contributed by atoms with Gasteiger partial charge in [0.2, 0.25) is 0 Å². The number of ketones is 6. The van der Waals surface area contributed by atoms with Crippen LogP contribution in [0.25, 0.3) is 0 Å². The van der Waals surface area contributed by atoms with E-state index in [1.165, 1.54) is 0 Å². The Hall–Kier alpha value is -1.26. The molecule has 0 unspecified atom stereocenters. The van der Waals surface area contributed by atoms with Crippen molar-refractivity contribution in [1.29, 1.82) is 0 Å². The minimum atomic E-state index is -1.29. The molecule has 0 atom stereocenters. The molecule has 0 aliphatic heterocycles. The summed E-state index contributed by atoms with van der Waals surface area (Å²) in [6.45, 7) is 47.8. The summed E-state index contributed by atoms with van der Waals surface area (Å²) in [6.07, 6.45) is 14.6. The largest absolute Gasteiger partial charge is 2.00 e. The maximum Gasteiger partial charge on any atom is 2.00 e. The zero-order valence-electron chi connectivity index (χ0n) is 75.6. The number of carboxylic acid groups (broad SMARTS) is 6. The van der Waals surface area contributed by atoms with Crippen molar-refractivity contribution in [1.82, 2.24) is 0 Å². The van der Waals surface area contributed by atoms with E-state index in [0.29, 0.717) is 84.8 Å². The third kappa shape index (κ3) is 516. The molecule has 0 aromatic carbocycles. The van der Waals surface area contributed by atoms with Gasteiger partial charge in [0.25, 0.3) is 0 Å². The van der Waals surface area contributed by atoms with Crippen molar-refractivity contribution in [3.05, 3.63) is 0 Å². The number of unbranched alkanes of at least 4 members (excludes halogenated alkanes) is 7. The number of aliphatic hydroxyl groups is 13. The molecule has 0 rings (SSSR count). The Kier molecular flexibility index (Phi) is 279. The third-order valence-corrected chi connectivity index (χ3v) is 8.40. The van der Waals surface area contributed by atoms with Crippen molar-refractivity contribution >= 4 is 70.5 Å². The van der Waals surface area contributed by atoms with Gasteiger partial charge in [0.15, 0.2) is 0 Å². The molecule has 31 nitrogen and oxygen atoms in total. The molecule has 0 aromatic heterocycles. The van der Waals surface area contributed by atoms with Crippen LogP contribution in [0, 0.1) is 0 Å². The van der Waals surface area contributed by atoms with E-state index in [2.05, 4.69) is 48.5 Å². The van der Waals surface area contributed by atoms with E-state index in [0.717, 1.165) is 89.9 Å². The predicted octanol–water partition coefficient (Wildman–Crippen LogP) is 3.56. The van der Waals surface area contributed by atoms with E-state index in [-0.39, 0.29) is 222 Å². The van der Waals surface area contributed by atoms with Gasteiger partial charge in [-0.15, -0.1) is 0 Å². The zero-order valence-corrected chi connectivity index (χ0v) is 87.9. The normalized spacial score (nSPS) is 8.35. The quantitative estimate of drug-likeness (QED) is 0.0403. The van der Waals surface area contributed by atoms with Gasteiger partial charge in [0, 0.05) is 274 Å². The smallest absolute Gasteiger partial charge is 0.550 e. The molecular formula is C79H166O31Zr5-2. The second kappa shape index (κ2) is 179. The molecule has 0 bridgehead atoms. The van der Waals surface area contributed by atoms with Crippen LogP contribution in [0.15, 0.2) is 0 Å². The molecule has 0 aliphatic rings. The van der Waals surface area contributed by atoms with Crippen LogP contribution in [-0.4, -0.2) is 220 Å². The second-order valence-corrected chi connectivity index (χ2v) is 23.9. The molecule has 0 amide bonds. The molecule has 0 aromatic rings. The number of aliphatic hydroxyl groups excluding tert-OH is 13. The minimum absolute atomic E-state index is 0. The maximum absolute atomic E-state index is 10.4. The van der Waals surface area contributed by atoms with E-state index in [1.807, 2.05) is 20.8 Å². The zero-order chi connectivity index (χ0) is 91.8. The number of hydrogen-bond donors (Lipinski definition) is 13. The van der Waals surface area contributed by atoms with Gasteiger partial charge in [-0.2, -0.15) is 0 Å². The van der Waals surface area contributed by atoms with Gasteiger partial charge < -0.3 is 126 Å². The van der Waals surface area contributed by atoms with Crippen molar-refractivity contribution < 1.29 is 286 Å². The van der Waals surface area contributed by atoms with E-state index in [4.69, 9.17) is 66.4 Å². The third-order valence-electron chi connectivity index (χ3n) is 8.40. The van der Waals surface area contributed by atoms with Gasteiger partial charge in [-0.05, 0) is 147 Å². The first-order valence-corrected chi connectivity index (χ1v) is 38.4. The molecule has 0 saturated heterocycles. The van der Waals surface area contributed by atoms with Crippen LogP contribution in [-0.2, 0) is 189 Å². The number of Topliss-reactive ketones (excluding diaryl/α,β-unsaturated/α-hetero) is 6.